The van der Waals surface area contributed by atoms with Crippen molar-refractivity contribution >= 4 is 49.1 Å². The molecule has 1 amide bonds. The molecular formula is C20H22N2O5S3. The standard InChI is InChI=1S/C20H22N2O5S3/c1-26-16-11-15-18(12-17(16)27-2)29-20(22(15)9-10-28-3)21-19(23)13-5-7-14(8-6-13)30(4,24)25/h5-8,11-12H,9-10H2,1-4H3. The van der Waals surface area contributed by atoms with Gasteiger partial charge in [-0.1, -0.05) is 11.3 Å². The van der Waals surface area contributed by atoms with Crippen molar-refractivity contribution < 1.29 is 22.7 Å². The van der Waals surface area contributed by atoms with Crippen molar-refractivity contribution in [1.82, 2.24) is 4.57 Å². The van der Waals surface area contributed by atoms with Gasteiger partial charge < -0.3 is 14.0 Å². The second-order valence-electron chi connectivity index (χ2n) is 6.42. The van der Waals surface area contributed by atoms with Crippen LogP contribution in [0.25, 0.3) is 10.2 Å². The monoisotopic (exact) mass is 466 g/mol. The van der Waals surface area contributed by atoms with Crippen LogP contribution >= 0.6 is 23.1 Å². The number of nitrogens with zero attached hydrogens (tertiary/aromatic N) is 2. The topological polar surface area (TPSA) is 87.0 Å². The third-order valence-corrected chi connectivity index (χ3v) is 7.19. The number of hydrogen-bond acceptors (Lipinski definition) is 7. The maximum absolute atomic E-state index is 12.7. The molecule has 1 aromatic heterocycles. The van der Waals surface area contributed by atoms with E-state index in [0.717, 1.165) is 22.2 Å². The van der Waals surface area contributed by atoms with E-state index in [0.29, 0.717) is 28.4 Å². The Bertz CT molecular complexity index is 1240. The maximum Gasteiger partial charge on any atom is 0.279 e. The number of carbonyl (C=O) groups excluding carboxylic acids is 1. The van der Waals surface area contributed by atoms with E-state index < -0.39 is 15.7 Å². The van der Waals surface area contributed by atoms with Gasteiger partial charge in [0.1, 0.15) is 0 Å². The van der Waals surface area contributed by atoms with Gasteiger partial charge in [-0.2, -0.15) is 16.8 Å². The minimum atomic E-state index is -3.32. The normalized spacial score (nSPS) is 12.3. The van der Waals surface area contributed by atoms with E-state index in [1.54, 1.807) is 26.0 Å². The van der Waals surface area contributed by atoms with E-state index in [2.05, 4.69) is 4.99 Å². The van der Waals surface area contributed by atoms with Gasteiger partial charge >= 0.3 is 0 Å². The van der Waals surface area contributed by atoms with Crippen LogP contribution in [0.4, 0.5) is 0 Å². The Balaban J connectivity index is 2.10. The fraction of sp³-hybridized carbons (Fsp3) is 0.300. The van der Waals surface area contributed by atoms with Gasteiger partial charge in [0, 0.05) is 36.2 Å². The Morgan fingerprint density at radius 3 is 2.33 bits per heavy atom. The lowest BCUT2D eigenvalue weighted by molar-refractivity contribution is 0.0997. The summed E-state index contributed by atoms with van der Waals surface area (Å²) >= 11 is 3.09. The van der Waals surface area contributed by atoms with E-state index in [1.165, 1.54) is 35.6 Å². The highest BCUT2D eigenvalue weighted by Crippen LogP contribution is 2.33. The minimum Gasteiger partial charge on any atom is -0.493 e. The highest BCUT2D eigenvalue weighted by atomic mass is 32.2. The number of aromatic nitrogens is 1. The highest BCUT2D eigenvalue weighted by Gasteiger charge is 2.14. The lowest BCUT2D eigenvalue weighted by Crippen LogP contribution is -2.18. The van der Waals surface area contributed by atoms with E-state index in [4.69, 9.17) is 9.47 Å². The maximum atomic E-state index is 12.7. The molecule has 0 aliphatic heterocycles. The second-order valence-corrected chi connectivity index (χ2v) is 10.4. The third kappa shape index (κ3) is 4.71. The van der Waals surface area contributed by atoms with Crippen molar-refractivity contribution in [3.63, 3.8) is 0 Å². The van der Waals surface area contributed by atoms with Gasteiger partial charge in [0.2, 0.25) is 0 Å². The largest absolute Gasteiger partial charge is 0.493 e. The van der Waals surface area contributed by atoms with Crippen LogP contribution in [0, 0.1) is 0 Å². The van der Waals surface area contributed by atoms with Crippen LogP contribution in [0.15, 0.2) is 46.3 Å². The number of carbonyl (C=O) groups is 1. The van der Waals surface area contributed by atoms with Gasteiger partial charge in [0.15, 0.2) is 26.1 Å². The average Bonchev–Trinajstić information content (AvgIpc) is 3.06. The number of fused-ring (bicyclic) bond motifs is 1. The number of thiazole rings is 1. The van der Waals surface area contributed by atoms with Crippen molar-refractivity contribution in [2.24, 2.45) is 4.99 Å². The van der Waals surface area contributed by atoms with E-state index in [-0.39, 0.29) is 4.90 Å². The van der Waals surface area contributed by atoms with Crippen LogP contribution in [0.3, 0.4) is 0 Å². The van der Waals surface area contributed by atoms with Crippen LogP contribution in [0.2, 0.25) is 0 Å². The number of hydrogen-bond donors (Lipinski definition) is 0. The molecule has 0 bridgehead atoms. The fourth-order valence-electron chi connectivity index (χ4n) is 2.88. The van der Waals surface area contributed by atoms with Crippen LogP contribution < -0.4 is 14.3 Å². The summed E-state index contributed by atoms with van der Waals surface area (Å²) in [5, 5.41) is 0. The molecule has 0 N–H and O–H groups in total. The molecule has 10 heteroatoms. The lowest BCUT2D eigenvalue weighted by atomic mass is 10.2. The number of benzene rings is 2. The summed E-state index contributed by atoms with van der Waals surface area (Å²) in [7, 11) is -0.164. The Morgan fingerprint density at radius 1 is 1.13 bits per heavy atom. The highest BCUT2D eigenvalue weighted by molar-refractivity contribution is 7.98. The number of sulfone groups is 1. The molecule has 0 unspecified atom stereocenters. The van der Waals surface area contributed by atoms with Crippen LogP contribution in [-0.2, 0) is 16.4 Å². The first-order chi connectivity index (χ1) is 14.3. The van der Waals surface area contributed by atoms with Crippen molar-refractivity contribution in [2.75, 3.05) is 32.5 Å². The van der Waals surface area contributed by atoms with Gasteiger partial charge in [-0.3, -0.25) is 4.79 Å². The Kier molecular flexibility index (Phi) is 6.89. The van der Waals surface area contributed by atoms with Gasteiger partial charge in [-0.15, -0.1) is 0 Å². The first-order valence-electron chi connectivity index (χ1n) is 8.92. The first kappa shape index (κ1) is 22.4. The molecule has 0 saturated heterocycles. The molecule has 2 aromatic carbocycles. The van der Waals surface area contributed by atoms with Crippen molar-refractivity contribution in [1.29, 1.82) is 0 Å². The molecular weight excluding hydrogens is 444 g/mol. The van der Waals surface area contributed by atoms with Gasteiger partial charge in [0.25, 0.3) is 5.91 Å². The van der Waals surface area contributed by atoms with Crippen molar-refractivity contribution in [3.05, 3.63) is 46.8 Å². The fourth-order valence-corrected chi connectivity index (χ4v) is 4.94. The van der Waals surface area contributed by atoms with Crippen LogP contribution in [0.1, 0.15) is 10.4 Å². The average molecular weight is 467 g/mol. The Labute approximate surface area is 183 Å². The van der Waals surface area contributed by atoms with Crippen molar-refractivity contribution in [2.45, 2.75) is 11.4 Å². The molecule has 1 heterocycles. The molecule has 0 fully saturated rings. The number of methoxy groups -OCH3 is 2. The molecule has 3 aromatic rings. The summed E-state index contributed by atoms with van der Waals surface area (Å²) in [4.78, 5) is 17.8. The van der Waals surface area contributed by atoms with E-state index in [9.17, 15) is 13.2 Å². The molecule has 0 radical (unpaired) electrons. The lowest BCUT2D eigenvalue weighted by Gasteiger charge is -2.09. The molecule has 0 aliphatic carbocycles. The summed E-state index contributed by atoms with van der Waals surface area (Å²) < 4.78 is 37.0. The second kappa shape index (κ2) is 9.23. The number of aryl methyl sites for hydroxylation is 1. The van der Waals surface area contributed by atoms with E-state index in [1.807, 2.05) is 23.0 Å². The summed E-state index contributed by atoms with van der Waals surface area (Å²) in [6.07, 6.45) is 3.15. The SMILES string of the molecule is COc1cc2sc(=NC(=O)c3ccc(S(C)(=O)=O)cc3)n(CCSC)c2cc1OC. The molecule has 0 atom stereocenters. The zero-order valence-corrected chi connectivity index (χ0v) is 19.5. The number of amides is 1. The molecule has 0 aliphatic rings. The molecule has 160 valence electrons. The zero-order chi connectivity index (χ0) is 21.9. The van der Waals surface area contributed by atoms with Gasteiger partial charge in [-0.25, -0.2) is 8.42 Å². The summed E-state index contributed by atoms with van der Waals surface area (Å²) in [6.45, 7) is 0.676. The van der Waals surface area contributed by atoms with Crippen LogP contribution in [-0.4, -0.2) is 51.4 Å². The number of rotatable bonds is 7. The van der Waals surface area contributed by atoms with Crippen LogP contribution in [0.5, 0.6) is 11.5 Å². The molecule has 30 heavy (non-hydrogen) atoms. The Morgan fingerprint density at radius 2 is 1.77 bits per heavy atom. The predicted molar refractivity (Wildman–Crippen MR) is 121 cm³/mol. The number of ether oxygens (including phenoxy) is 2. The quantitative estimate of drug-likeness (QED) is 0.531. The minimum absolute atomic E-state index is 0.162. The predicted octanol–water partition coefficient (Wildman–Crippen LogP) is 3.23. The van der Waals surface area contributed by atoms with E-state index >= 15 is 0 Å². The summed E-state index contributed by atoms with van der Waals surface area (Å²) in [5.41, 5.74) is 1.23. The third-order valence-electron chi connectivity index (χ3n) is 4.43. The van der Waals surface area contributed by atoms with Gasteiger partial charge in [-0.05, 0) is 30.5 Å². The summed E-state index contributed by atoms with van der Waals surface area (Å²) in [5.74, 6) is 1.64. The first-order valence-corrected chi connectivity index (χ1v) is 13.0. The molecule has 0 spiro atoms. The summed E-state index contributed by atoms with van der Waals surface area (Å²) in [6, 6.07) is 9.55. The smallest absolute Gasteiger partial charge is 0.279 e. The Hall–Kier alpha value is -2.30. The van der Waals surface area contributed by atoms with Gasteiger partial charge in [0.05, 0.1) is 29.3 Å². The molecule has 3 rings (SSSR count). The van der Waals surface area contributed by atoms with Crippen molar-refractivity contribution in [3.8, 4) is 11.5 Å². The number of thioether (sulfide) groups is 1. The molecule has 0 saturated carbocycles. The molecule has 7 nitrogen and oxygen atoms in total. The zero-order valence-electron chi connectivity index (χ0n) is 17.0.